The number of aromatic amines is 1. The molecule has 2 aromatic heterocycles. The highest BCUT2D eigenvalue weighted by atomic mass is 16.3. The van der Waals surface area contributed by atoms with Gasteiger partial charge in [0.15, 0.2) is 0 Å². The van der Waals surface area contributed by atoms with Gasteiger partial charge >= 0.3 is 0 Å². The summed E-state index contributed by atoms with van der Waals surface area (Å²) in [5.74, 6) is 1.24. The molecule has 1 aliphatic rings. The van der Waals surface area contributed by atoms with Gasteiger partial charge in [-0.25, -0.2) is 9.97 Å². The first-order valence-electron chi connectivity index (χ1n) is 7.07. The molecule has 1 unspecified atom stereocenters. The van der Waals surface area contributed by atoms with E-state index in [1.54, 1.807) is 18.6 Å². The highest BCUT2D eigenvalue weighted by Crippen LogP contribution is 2.14. The summed E-state index contributed by atoms with van der Waals surface area (Å²) in [6.45, 7) is 2.66. The van der Waals surface area contributed by atoms with E-state index in [4.69, 9.17) is 0 Å². The Bertz CT molecular complexity index is 565. The molecule has 1 saturated heterocycles. The maximum atomic E-state index is 10.3. The fraction of sp³-hybridized carbons (Fsp3) is 0.538. The molecule has 0 aliphatic carbocycles. The molecule has 0 aromatic carbocycles. The van der Waals surface area contributed by atoms with Crippen LogP contribution in [0, 0.1) is 0 Å². The van der Waals surface area contributed by atoms with E-state index in [1.165, 1.54) is 0 Å². The first-order chi connectivity index (χ1) is 10.3. The van der Waals surface area contributed by atoms with E-state index in [-0.39, 0.29) is 0 Å². The standard InChI is InChI=1S/C13H19N7O/c21-13(2-1-3-15-8-13)9-16-7-11-18-12(20-19-11)10-6-14-4-5-17-10/h4-6,15-16,21H,1-3,7-9H2,(H,18,19,20). The lowest BCUT2D eigenvalue weighted by Crippen LogP contribution is -2.51. The molecule has 0 amide bonds. The summed E-state index contributed by atoms with van der Waals surface area (Å²) in [4.78, 5) is 12.5. The topological polar surface area (TPSA) is 112 Å². The van der Waals surface area contributed by atoms with Crippen molar-refractivity contribution in [3.63, 3.8) is 0 Å². The number of nitrogens with one attached hydrogen (secondary N) is 3. The van der Waals surface area contributed by atoms with Crippen molar-refractivity contribution >= 4 is 0 Å². The van der Waals surface area contributed by atoms with Crippen LogP contribution >= 0.6 is 0 Å². The Kier molecular flexibility index (Phi) is 4.18. The second-order valence-electron chi connectivity index (χ2n) is 5.30. The molecule has 112 valence electrons. The summed E-state index contributed by atoms with van der Waals surface area (Å²) in [7, 11) is 0. The molecule has 1 aliphatic heterocycles. The number of nitrogens with zero attached hydrogens (tertiary/aromatic N) is 4. The fourth-order valence-electron chi connectivity index (χ4n) is 2.42. The molecular formula is C13H19N7O. The average molecular weight is 289 g/mol. The van der Waals surface area contributed by atoms with Gasteiger partial charge in [-0.3, -0.25) is 10.1 Å². The number of aliphatic hydroxyl groups is 1. The number of H-pyrrole nitrogens is 1. The van der Waals surface area contributed by atoms with E-state index in [2.05, 4.69) is 35.8 Å². The van der Waals surface area contributed by atoms with Crippen LogP contribution in [0.1, 0.15) is 18.7 Å². The van der Waals surface area contributed by atoms with Gasteiger partial charge in [0, 0.05) is 25.5 Å². The SMILES string of the molecule is OC1(CNCc2nc(-c3cnccn3)n[nH]2)CCCNC1. The van der Waals surface area contributed by atoms with E-state index < -0.39 is 5.60 Å². The van der Waals surface area contributed by atoms with E-state index in [0.29, 0.717) is 37.0 Å². The van der Waals surface area contributed by atoms with Crippen molar-refractivity contribution in [3.05, 3.63) is 24.4 Å². The second-order valence-corrected chi connectivity index (χ2v) is 5.30. The summed E-state index contributed by atoms with van der Waals surface area (Å²) in [6, 6.07) is 0. The van der Waals surface area contributed by atoms with Crippen molar-refractivity contribution < 1.29 is 5.11 Å². The van der Waals surface area contributed by atoms with Crippen molar-refractivity contribution in [1.82, 2.24) is 35.8 Å². The Hall–Kier alpha value is -1.90. The van der Waals surface area contributed by atoms with Crippen LogP contribution in [0.15, 0.2) is 18.6 Å². The minimum Gasteiger partial charge on any atom is -0.387 e. The lowest BCUT2D eigenvalue weighted by molar-refractivity contribution is 0.0168. The zero-order valence-electron chi connectivity index (χ0n) is 11.7. The number of piperidine rings is 1. The first kappa shape index (κ1) is 14.1. The van der Waals surface area contributed by atoms with Gasteiger partial charge in [-0.1, -0.05) is 0 Å². The quantitative estimate of drug-likeness (QED) is 0.585. The highest BCUT2D eigenvalue weighted by molar-refractivity contribution is 5.45. The third-order valence-corrected chi connectivity index (χ3v) is 3.52. The average Bonchev–Trinajstić information content (AvgIpc) is 2.98. The molecule has 21 heavy (non-hydrogen) atoms. The summed E-state index contributed by atoms with van der Waals surface area (Å²) in [6.07, 6.45) is 6.65. The maximum Gasteiger partial charge on any atom is 0.201 e. The monoisotopic (exact) mass is 289 g/mol. The van der Waals surface area contributed by atoms with Gasteiger partial charge in [-0.15, -0.1) is 0 Å². The second kappa shape index (κ2) is 6.25. The summed E-state index contributed by atoms with van der Waals surface area (Å²) in [5.41, 5.74) is -0.0402. The largest absolute Gasteiger partial charge is 0.387 e. The van der Waals surface area contributed by atoms with Gasteiger partial charge in [0.25, 0.3) is 0 Å². The molecule has 1 fully saturated rings. The molecule has 0 saturated carbocycles. The molecule has 0 radical (unpaired) electrons. The predicted molar refractivity (Wildman–Crippen MR) is 76.2 cm³/mol. The van der Waals surface area contributed by atoms with Gasteiger partial charge < -0.3 is 15.7 Å². The van der Waals surface area contributed by atoms with Gasteiger partial charge in [0.05, 0.1) is 18.3 Å². The van der Waals surface area contributed by atoms with Crippen molar-refractivity contribution in [1.29, 1.82) is 0 Å². The van der Waals surface area contributed by atoms with E-state index in [0.717, 1.165) is 19.4 Å². The first-order valence-corrected chi connectivity index (χ1v) is 7.07. The van der Waals surface area contributed by atoms with Crippen LogP contribution in [0.5, 0.6) is 0 Å². The lowest BCUT2D eigenvalue weighted by atomic mass is 9.94. The van der Waals surface area contributed by atoms with Crippen LogP contribution in [0.2, 0.25) is 0 Å². The predicted octanol–water partition coefficient (Wildman–Crippen LogP) is -0.534. The fourth-order valence-corrected chi connectivity index (χ4v) is 2.42. The highest BCUT2D eigenvalue weighted by Gasteiger charge is 2.28. The van der Waals surface area contributed by atoms with Gasteiger partial charge in [0.2, 0.25) is 5.82 Å². The minimum absolute atomic E-state index is 0.523. The van der Waals surface area contributed by atoms with Crippen LogP contribution in [0.3, 0.4) is 0 Å². The van der Waals surface area contributed by atoms with Crippen LogP contribution in [0.4, 0.5) is 0 Å². The molecule has 3 rings (SSSR count). The Balaban J connectivity index is 1.53. The molecule has 0 spiro atoms. The zero-order valence-corrected chi connectivity index (χ0v) is 11.7. The maximum absolute atomic E-state index is 10.3. The third-order valence-electron chi connectivity index (χ3n) is 3.52. The Morgan fingerprint density at radius 2 is 2.33 bits per heavy atom. The smallest absolute Gasteiger partial charge is 0.201 e. The number of β-amino-alcohol motifs (C(OH)–C–C–N with tert-alkyl or cyclic N) is 1. The van der Waals surface area contributed by atoms with E-state index in [9.17, 15) is 5.11 Å². The molecular weight excluding hydrogens is 270 g/mol. The molecule has 4 N–H and O–H groups in total. The number of hydrogen-bond acceptors (Lipinski definition) is 7. The van der Waals surface area contributed by atoms with Crippen LogP contribution in [-0.2, 0) is 6.54 Å². The number of rotatable bonds is 5. The number of aromatic nitrogens is 5. The summed E-state index contributed by atoms with van der Waals surface area (Å²) < 4.78 is 0. The van der Waals surface area contributed by atoms with Crippen LogP contribution in [-0.4, -0.2) is 55.5 Å². The Labute approximate surface area is 122 Å². The van der Waals surface area contributed by atoms with Gasteiger partial charge in [-0.05, 0) is 19.4 Å². The minimum atomic E-state index is -0.675. The van der Waals surface area contributed by atoms with Gasteiger partial charge in [0.1, 0.15) is 11.5 Å². The van der Waals surface area contributed by atoms with E-state index in [1.807, 2.05) is 0 Å². The molecule has 8 nitrogen and oxygen atoms in total. The summed E-state index contributed by atoms with van der Waals surface area (Å²) >= 11 is 0. The zero-order chi connectivity index (χ0) is 14.5. The normalized spacial score (nSPS) is 22.3. The molecule has 8 heteroatoms. The summed E-state index contributed by atoms with van der Waals surface area (Å²) in [5, 5.41) is 23.8. The molecule has 0 bridgehead atoms. The third kappa shape index (κ3) is 3.60. The van der Waals surface area contributed by atoms with Crippen molar-refractivity contribution in [2.45, 2.75) is 25.0 Å². The van der Waals surface area contributed by atoms with Crippen molar-refractivity contribution in [3.8, 4) is 11.5 Å². The van der Waals surface area contributed by atoms with Gasteiger partial charge in [-0.2, -0.15) is 5.10 Å². The molecule has 3 heterocycles. The number of hydrogen-bond donors (Lipinski definition) is 4. The Morgan fingerprint density at radius 1 is 1.38 bits per heavy atom. The van der Waals surface area contributed by atoms with Crippen LogP contribution in [0.25, 0.3) is 11.5 Å². The Morgan fingerprint density at radius 3 is 3.10 bits per heavy atom. The van der Waals surface area contributed by atoms with Crippen molar-refractivity contribution in [2.75, 3.05) is 19.6 Å². The van der Waals surface area contributed by atoms with E-state index >= 15 is 0 Å². The van der Waals surface area contributed by atoms with Crippen LogP contribution < -0.4 is 10.6 Å². The molecule has 2 aromatic rings. The lowest BCUT2D eigenvalue weighted by Gasteiger charge is -2.32. The van der Waals surface area contributed by atoms with Crippen molar-refractivity contribution in [2.24, 2.45) is 0 Å². The molecule has 1 atom stereocenters.